The molecule has 0 radical (unpaired) electrons. The minimum atomic E-state index is 0.0935. The van der Waals surface area contributed by atoms with E-state index in [-0.39, 0.29) is 12.1 Å². The summed E-state index contributed by atoms with van der Waals surface area (Å²) in [6, 6.07) is 4.37. The second-order valence-electron chi connectivity index (χ2n) is 4.34. The monoisotopic (exact) mass is 237 g/mol. The normalized spacial score (nSPS) is 14.5. The fraction of sp³-hybridized carbons (Fsp3) is 0.571. The van der Waals surface area contributed by atoms with Crippen molar-refractivity contribution in [1.82, 2.24) is 5.32 Å². The summed E-state index contributed by atoms with van der Waals surface area (Å²) in [6.45, 7) is 6.23. The Hall–Kier alpha value is -1.06. The van der Waals surface area contributed by atoms with Gasteiger partial charge in [0.25, 0.3) is 0 Å². The van der Waals surface area contributed by atoms with Crippen LogP contribution >= 0.6 is 0 Å². The molecule has 0 bridgehead atoms. The Morgan fingerprint density at radius 3 is 2.29 bits per heavy atom. The SMILES string of the molecule is CNC(c1ccc(C)c(C)c1OC)C(C)OC. The predicted octanol–water partition coefficient (Wildman–Crippen LogP) is 2.61. The first kappa shape index (κ1) is 14.0. The first-order valence-electron chi connectivity index (χ1n) is 5.91. The van der Waals surface area contributed by atoms with Crippen LogP contribution in [0.5, 0.6) is 5.75 Å². The lowest BCUT2D eigenvalue weighted by atomic mass is 9.96. The number of likely N-dealkylation sites (N-methyl/N-ethyl adjacent to an activating group) is 1. The third-order valence-electron chi connectivity index (χ3n) is 3.40. The quantitative estimate of drug-likeness (QED) is 0.854. The Labute approximate surface area is 104 Å². The van der Waals surface area contributed by atoms with Crippen molar-refractivity contribution in [2.24, 2.45) is 0 Å². The van der Waals surface area contributed by atoms with Crippen LogP contribution in [0.15, 0.2) is 12.1 Å². The first-order valence-corrected chi connectivity index (χ1v) is 5.91. The summed E-state index contributed by atoms with van der Waals surface area (Å²) in [5, 5.41) is 3.29. The molecule has 0 aliphatic carbocycles. The molecular weight excluding hydrogens is 214 g/mol. The second kappa shape index (κ2) is 6.03. The molecular formula is C14H23NO2. The largest absolute Gasteiger partial charge is 0.496 e. The molecule has 96 valence electrons. The van der Waals surface area contributed by atoms with Crippen molar-refractivity contribution in [2.45, 2.75) is 32.9 Å². The molecule has 0 amide bonds. The summed E-state index contributed by atoms with van der Waals surface area (Å²) in [5.74, 6) is 0.952. The van der Waals surface area contributed by atoms with Crippen LogP contribution in [0.4, 0.5) is 0 Å². The van der Waals surface area contributed by atoms with Gasteiger partial charge < -0.3 is 14.8 Å². The third kappa shape index (κ3) is 2.79. The van der Waals surface area contributed by atoms with Crippen LogP contribution in [0.2, 0.25) is 0 Å². The maximum Gasteiger partial charge on any atom is 0.126 e. The van der Waals surface area contributed by atoms with E-state index in [0.29, 0.717) is 0 Å². The number of rotatable bonds is 5. The second-order valence-corrected chi connectivity index (χ2v) is 4.34. The van der Waals surface area contributed by atoms with E-state index in [0.717, 1.165) is 11.3 Å². The summed E-state index contributed by atoms with van der Waals surface area (Å²) < 4.78 is 10.9. The van der Waals surface area contributed by atoms with Gasteiger partial charge in [0, 0.05) is 12.7 Å². The van der Waals surface area contributed by atoms with E-state index >= 15 is 0 Å². The van der Waals surface area contributed by atoms with E-state index < -0.39 is 0 Å². The van der Waals surface area contributed by atoms with Crippen molar-refractivity contribution in [2.75, 3.05) is 21.3 Å². The molecule has 0 saturated heterocycles. The number of nitrogens with one attached hydrogen (secondary N) is 1. The van der Waals surface area contributed by atoms with Gasteiger partial charge in [0.05, 0.1) is 19.3 Å². The Balaban J connectivity index is 3.24. The van der Waals surface area contributed by atoms with E-state index in [4.69, 9.17) is 9.47 Å². The Kier molecular flexibility index (Phi) is 4.97. The van der Waals surface area contributed by atoms with Crippen molar-refractivity contribution in [3.05, 3.63) is 28.8 Å². The van der Waals surface area contributed by atoms with Crippen LogP contribution in [0, 0.1) is 13.8 Å². The molecule has 2 atom stereocenters. The number of hydrogen-bond donors (Lipinski definition) is 1. The molecule has 0 heterocycles. The van der Waals surface area contributed by atoms with Crippen molar-refractivity contribution >= 4 is 0 Å². The zero-order chi connectivity index (χ0) is 13.0. The third-order valence-corrected chi connectivity index (χ3v) is 3.40. The average molecular weight is 237 g/mol. The molecule has 2 unspecified atom stereocenters. The molecule has 0 saturated carbocycles. The maximum absolute atomic E-state index is 5.54. The van der Waals surface area contributed by atoms with E-state index in [1.165, 1.54) is 11.1 Å². The smallest absolute Gasteiger partial charge is 0.126 e. The van der Waals surface area contributed by atoms with Gasteiger partial charge in [-0.15, -0.1) is 0 Å². The van der Waals surface area contributed by atoms with Crippen LogP contribution < -0.4 is 10.1 Å². The topological polar surface area (TPSA) is 30.5 Å². The summed E-state index contributed by atoms with van der Waals surface area (Å²) >= 11 is 0. The van der Waals surface area contributed by atoms with Crippen molar-refractivity contribution < 1.29 is 9.47 Å². The highest BCUT2D eigenvalue weighted by Crippen LogP contribution is 2.32. The zero-order valence-corrected chi connectivity index (χ0v) is 11.6. The van der Waals surface area contributed by atoms with Gasteiger partial charge in [-0.2, -0.15) is 0 Å². The summed E-state index contributed by atoms with van der Waals surface area (Å²) in [4.78, 5) is 0. The molecule has 3 nitrogen and oxygen atoms in total. The molecule has 0 fully saturated rings. The van der Waals surface area contributed by atoms with Crippen molar-refractivity contribution in [3.63, 3.8) is 0 Å². The lowest BCUT2D eigenvalue weighted by molar-refractivity contribution is 0.0847. The molecule has 0 aliphatic heterocycles. The minimum Gasteiger partial charge on any atom is -0.496 e. The number of benzene rings is 1. The Bertz CT molecular complexity index is 377. The number of aryl methyl sites for hydroxylation is 1. The van der Waals surface area contributed by atoms with Crippen LogP contribution in [0.25, 0.3) is 0 Å². The van der Waals surface area contributed by atoms with Crippen LogP contribution in [-0.2, 0) is 4.74 Å². The van der Waals surface area contributed by atoms with Gasteiger partial charge in [0.1, 0.15) is 5.75 Å². The lowest BCUT2D eigenvalue weighted by Gasteiger charge is -2.25. The zero-order valence-electron chi connectivity index (χ0n) is 11.6. The van der Waals surface area contributed by atoms with E-state index in [9.17, 15) is 0 Å². The van der Waals surface area contributed by atoms with Crippen LogP contribution in [0.3, 0.4) is 0 Å². The van der Waals surface area contributed by atoms with Gasteiger partial charge in [-0.25, -0.2) is 0 Å². The Morgan fingerprint density at radius 2 is 1.82 bits per heavy atom. The Morgan fingerprint density at radius 1 is 1.18 bits per heavy atom. The predicted molar refractivity (Wildman–Crippen MR) is 70.7 cm³/mol. The van der Waals surface area contributed by atoms with Gasteiger partial charge in [-0.1, -0.05) is 12.1 Å². The number of ether oxygens (including phenoxy) is 2. The highest BCUT2D eigenvalue weighted by molar-refractivity contribution is 5.47. The fourth-order valence-electron chi connectivity index (χ4n) is 2.11. The van der Waals surface area contributed by atoms with E-state index in [1.807, 2.05) is 7.05 Å². The summed E-state index contributed by atoms with van der Waals surface area (Å²) in [5.41, 5.74) is 3.58. The van der Waals surface area contributed by atoms with Gasteiger partial charge in [-0.05, 0) is 38.9 Å². The molecule has 0 aliphatic rings. The summed E-state index contributed by atoms with van der Waals surface area (Å²) in [7, 11) is 5.38. The van der Waals surface area contributed by atoms with Crippen molar-refractivity contribution in [1.29, 1.82) is 0 Å². The van der Waals surface area contributed by atoms with Crippen molar-refractivity contribution in [3.8, 4) is 5.75 Å². The molecule has 3 heteroatoms. The highest BCUT2D eigenvalue weighted by atomic mass is 16.5. The first-order chi connectivity index (χ1) is 8.06. The molecule has 1 aromatic carbocycles. The maximum atomic E-state index is 5.54. The highest BCUT2D eigenvalue weighted by Gasteiger charge is 2.22. The van der Waals surface area contributed by atoms with Gasteiger partial charge in [0.2, 0.25) is 0 Å². The van der Waals surface area contributed by atoms with Gasteiger partial charge >= 0.3 is 0 Å². The van der Waals surface area contributed by atoms with E-state index in [2.05, 4.69) is 38.2 Å². The lowest BCUT2D eigenvalue weighted by Crippen LogP contribution is -2.29. The van der Waals surface area contributed by atoms with Crippen LogP contribution in [-0.4, -0.2) is 27.4 Å². The fourth-order valence-corrected chi connectivity index (χ4v) is 2.11. The number of hydrogen-bond acceptors (Lipinski definition) is 3. The van der Waals surface area contributed by atoms with E-state index in [1.54, 1.807) is 14.2 Å². The molecule has 1 aromatic rings. The molecule has 17 heavy (non-hydrogen) atoms. The van der Waals surface area contributed by atoms with Crippen LogP contribution in [0.1, 0.15) is 29.7 Å². The number of methoxy groups -OCH3 is 2. The molecule has 0 spiro atoms. The molecule has 1 rings (SSSR count). The standard InChI is InChI=1S/C14H23NO2/c1-9-7-8-12(14(17-6)10(9)2)13(15-4)11(3)16-5/h7-8,11,13,15H,1-6H3. The average Bonchev–Trinajstić information content (AvgIpc) is 2.34. The van der Waals surface area contributed by atoms with Gasteiger partial charge in [-0.3, -0.25) is 0 Å². The summed E-state index contributed by atoms with van der Waals surface area (Å²) in [6.07, 6.45) is 0.0935. The molecule has 0 aromatic heterocycles. The minimum absolute atomic E-state index is 0.0935. The van der Waals surface area contributed by atoms with Gasteiger partial charge in [0.15, 0.2) is 0 Å². The molecule has 1 N–H and O–H groups in total.